The predicted molar refractivity (Wildman–Crippen MR) is 75.8 cm³/mol. The van der Waals surface area contributed by atoms with E-state index >= 15 is 0 Å². The number of ketones is 1. The van der Waals surface area contributed by atoms with Crippen molar-refractivity contribution in [2.45, 2.75) is 32.7 Å². The largest absolute Gasteiger partial charge is 0.315 e. The Bertz CT molecular complexity index is 437. The van der Waals surface area contributed by atoms with Crippen molar-refractivity contribution in [3.8, 4) is 0 Å². The number of hydrogen-bond acceptors (Lipinski definition) is 2. The van der Waals surface area contributed by atoms with Crippen LogP contribution in [-0.2, 0) is 0 Å². The van der Waals surface area contributed by atoms with E-state index in [9.17, 15) is 9.18 Å². The molecule has 0 aliphatic rings. The summed E-state index contributed by atoms with van der Waals surface area (Å²) in [4.78, 5) is 11.8. The van der Waals surface area contributed by atoms with E-state index in [-0.39, 0.29) is 16.4 Å². The van der Waals surface area contributed by atoms with Crippen LogP contribution in [0.15, 0.2) is 16.6 Å². The Morgan fingerprint density at radius 2 is 2.17 bits per heavy atom. The second-order valence-electron chi connectivity index (χ2n) is 4.36. The summed E-state index contributed by atoms with van der Waals surface area (Å²) in [6.45, 7) is 4.82. The molecule has 0 aliphatic heterocycles. The topological polar surface area (TPSA) is 29.1 Å². The molecule has 0 saturated carbocycles. The summed E-state index contributed by atoms with van der Waals surface area (Å²) < 4.78 is 14.2. The van der Waals surface area contributed by atoms with Crippen molar-refractivity contribution in [1.29, 1.82) is 0 Å². The van der Waals surface area contributed by atoms with Crippen molar-refractivity contribution >= 4 is 33.3 Å². The number of Topliss-reactive ketones (excluding diaryl/α,β-unsaturated/α-hetero) is 1. The van der Waals surface area contributed by atoms with Gasteiger partial charge in [0.2, 0.25) is 0 Å². The fraction of sp³-hybridized carbons (Fsp3) is 0.462. The van der Waals surface area contributed by atoms with Crippen molar-refractivity contribution in [2.75, 3.05) is 6.54 Å². The van der Waals surface area contributed by atoms with Crippen LogP contribution in [0.5, 0.6) is 0 Å². The normalized spacial score (nSPS) is 11.0. The highest BCUT2D eigenvalue weighted by Gasteiger charge is 2.15. The van der Waals surface area contributed by atoms with Crippen molar-refractivity contribution in [1.82, 2.24) is 5.32 Å². The zero-order chi connectivity index (χ0) is 13.7. The van der Waals surface area contributed by atoms with Gasteiger partial charge in [-0.05, 0) is 41.0 Å². The predicted octanol–water partition coefficient (Wildman–Crippen LogP) is 4.20. The smallest absolute Gasteiger partial charge is 0.165 e. The van der Waals surface area contributed by atoms with E-state index in [4.69, 9.17) is 11.6 Å². The Hall–Kier alpha value is -0.450. The van der Waals surface area contributed by atoms with Crippen molar-refractivity contribution < 1.29 is 9.18 Å². The van der Waals surface area contributed by atoms with Gasteiger partial charge in [-0.15, -0.1) is 0 Å². The first-order valence-corrected chi connectivity index (χ1v) is 7.00. The molecule has 100 valence electrons. The molecule has 0 atom stereocenters. The van der Waals surface area contributed by atoms with Gasteiger partial charge >= 0.3 is 0 Å². The third-order valence-electron chi connectivity index (χ3n) is 2.47. The SMILES string of the molecule is CC(C)NCCCC(=O)c1ccc(Br)c(Cl)c1F. The van der Waals surface area contributed by atoms with E-state index in [1.807, 2.05) is 13.8 Å². The molecule has 0 radical (unpaired) electrons. The molecule has 1 N–H and O–H groups in total. The summed E-state index contributed by atoms with van der Waals surface area (Å²) in [5.74, 6) is -0.861. The number of carbonyl (C=O) groups excluding carboxylic acids is 1. The standard InChI is InChI=1S/C13H16BrClFNO/c1-8(2)17-7-3-4-11(18)9-5-6-10(14)12(15)13(9)16/h5-6,8,17H,3-4,7H2,1-2H3. The van der Waals surface area contributed by atoms with Crippen molar-refractivity contribution in [3.63, 3.8) is 0 Å². The lowest BCUT2D eigenvalue weighted by atomic mass is 10.1. The molecule has 0 heterocycles. The van der Waals surface area contributed by atoms with Crippen LogP contribution in [-0.4, -0.2) is 18.4 Å². The van der Waals surface area contributed by atoms with Crippen LogP contribution in [0.25, 0.3) is 0 Å². The maximum atomic E-state index is 13.8. The molecule has 2 nitrogen and oxygen atoms in total. The molecule has 1 aromatic rings. The minimum Gasteiger partial charge on any atom is -0.315 e. The van der Waals surface area contributed by atoms with Crippen LogP contribution in [0.1, 0.15) is 37.0 Å². The quantitative estimate of drug-likeness (QED) is 0.479. The first-order chi connectivity index (χ1) is 8.43. The Morgan fingerprint density at radius 3 is 2.78 bits per heavy atom. The summed E-state index contributed by atoms with van der Waals surface area (Å²) in [6.07, 6.45) is 0.999. The average molecular weight is 337 g/mol. The van der Waals surface area contributed by atoms with E-state index in [0.717, 1.165) is 6.54 Å². The monoisotopic (exact) mass is 335 g/mol. The fourth-order valence-electron chi connectivity index (χ4n) is 1.52. The second-order valence-corrected chi connectivity index (χ2v) is 5.59. The molecular formula is C13H16BrClFNO. The highest BCUT2D eigenvalue weighted by atomic mass is 79.9. The van der Waals surface area contributed by atoms with E-state index < -0.39 is 5.82 Å². The first kappa shape index (κ1) is 15.6. The maximum absolute atomic E-state index is 13.8. The van der Waals surface area contributed by atoms with E-state index in [2.05, 4.69) is 21.2 Å². The van der Waals surface area contributed by atoms with Crippen LogP contribution in [0.4, 0.5) is 4.39 Å². The Balaban J connectivity index is 2.60. The molecule has 0 unspecified atom stereocenters. The van der Waals surface area contributed by atoms with Crippen LogP contribution < -0.4 is 5.32 Å². The molecule has 0 saturated heterocycles. The minimum absolute atomic E-state index is 0.0406. The van der Waals surface area contributed by atoms with Gasteiger partial charge in [-0.3, -0.25) is 4.79 Å². The van der Waals surface area contributed by atoms with Crippen LogP contribution in [0.3, 0.4) is 0 Å². The van der Waals surface area contributed by atoms with Crippen LogP contribution in [0, 0.1) is 5.82 Å². The summed E-state index contributed by atoms with van der Waals surface area (Å²) >= 11 is 8.86. The lowest BCUT2D eigenvalue weighted by Crippen LogP contribution is -2.24. The highest BCUT2D eigenvalue weighted by Crippen LogP contribution is 2.28. The van der Waals surface area contributed by atoms with Gasteiger partial charge in [0.25, 0.3) is 0 Å². The molecule has 0 spiro atoms. The van der Waals surface area contributed by atoms with Gasteiger partial charge in [0.15, 0.2) is 11.6 Å². The minimum atomic E-state index is -0.645. The van der Waals surface area contributed by atoms with Gasteiger partial charge in [0.1, 0.15) is 0 Å². The Morgan fingerprint density at radius 1 is 1.50 bits per heavy atom. The number of halogens is 3. The molecule has 1 rings (SSSR count). The molecule has 5 heteroatoms. The highest BCUT2D eigenvalue weighted by molar-refractivity contribution is 9.10. The third kappa shape index (κ3) is 4.34. The summed E-state index contributed by atoms with van der Waals surface area (Å²) in [5, 5.41) is 3.17. The maximum Gasteiger partial charge on any atom is 0.165 e. The van der Waals surface area contributed by atoms with Gasteiger partial charge in [-0.25, -0.2) is 4.39 Å². The van der Waals surface area contributed by atoms with Crippen molar-refractivity contribution in [2.24, 2.45) is 0 Å². The first-order valence-electron chi connectivity index (χ1n) is 5.83. The van der Waals surface area contributed by atoms with Gasteiger partial charge in [-0.1, -0.05) is 25.4 Å². The van der Waals surface area contributed by atoms with Crippen LogP contribution in [0.2, 0.25) is 5.02 Å². The van der Waals surface area contributed by atoms with E-state index in [0.29, 0.717) is 23.4 Å². The van der Waals surface area contributed by atoms with E-state index in [1.165, 1.54) is 6.07 Å². The van der Waals surface area contributed by atoms with Gasteiger partial charge in [0.05, 0.1) is 10.6 Å². The van der Waals surface area contributed by atoms with E-state index in [1.54, 1.807) is 6.07 Å². The number of carbonyl (C=O) groups is 1. The number of benzene rings is 1. The number of hydrogen-bond donors (Lipinski definition) is 1. The zero-order valence-electron chi connectivity index (χ0n) is 10.4. The van der Waals surface area contributed by atoms with Gasteiger partial charge < -0.3 is 5.32 Å². The lowest BCUT2D eigenvalue weighted by Gasteiger charge is -2.08. The van der Waals surface area contributed by atoms with Crippen LogP contribution >= 0.6 is 27.5 Å². The molecule has 0 aromatic heterocycles. The third-order valence-corrected chi connectivity index (χ3v) is 3.73. The Kier molecular flexibility index (Phi) is 6.26. The summed E-state index contributed by atoms with van der Waals surface area (Å²) in [6, 6.07) is 3.44. The van der Waals surface area contributed by atoms with Crippen molar-refractivity contribution in [3.05, 3.63) is 33.0 Å². The molecule has 0 aliphatic carbocycles. The molecule has 0 bridgehead atoms. The molecule has 1 aromatic carbocycles. The molecule has 0 fully saturated rings. The van der Waals surface area contributed by atoms with Gasteiger partial charge in [0, 0.05) is 16.9 Å². The number of nitrogens with one attached hydrogen (secondary N) is 1. The zero-order valence-corrected chi connectivity index (χ0v) is 12.7. The summed E-state index contributed by atoms with van der Waals surface area (Å²) in [5.41, 5.74) is 0.0627. The fourth-order valence-corrected chi connectivity index (χ4v) is 1.99. The molecule has 0 amide bonds. The number of rotatable bonds is 6. The molecular weight excluding hydrogens is 321 g/mol. The average Bonchev–Trinajstić information content (AvgIpc) is 2.31. The second kappa shape index (κ2) is 7.22. The lowest BCUT2D eigenvalue weighted by molar-refractivity contribution is 0.0976. The molecule has 18 heavy (non-hydrogen) atoms. The summed E-state index contributed by atoms with van der Waals surface area (Å²) in [7, 11) is 0. The Labute approximate surface area is 120 Å². The van der Waals surface area contributed by atoms with Gasteiger partial charge in [-0.2, -0.15) is 0 Å².